The minimum atomic E-state index is -5.08. The first-order valence-corrected chi connectivity index (χ1v) is 9.18. The summed E-state index contributed by atoms with van der Waals surface area (Å²) in [7, 11) is 1.38. The second kappa shape index (κ2) is 10.2. The number of hydrogen-bond donors (Lipinski definition) is 2. The highest BCUT2D eigenvalue weighted by atomic mass is 19.4. The molecule has 1 aliphatic rings. The number of carbonyl (C=O) groups excluding carboxylic acids is 1. The van der Waals surface area contributed by atoms with E-state index in [0.29, 0.717) is 11.3 Å². The number of anilines is 1. The zero-order valence-corrected chi connectivity index (χ0v) is 16.8. The van der Waals surface area contributed by atoms with Gasteiger partial charge in [-0.25, -0.2) is 19.3 Å². The average Bonchev–Trinajstić information content (AvgIpc) is 3.22. The maximum absolute atomic E-state index is 11.8. The van der Waals surface area contributed by atoms with E-state index >= 15 is 0 Å². The molecule has 2 aromatic rings. The SMILES string of the molecule is COC(=O)c1cc(C)nc(N2CCC(n3cc(CO)nn3)CC2)c1.O=C(O)C(F)(F)F. The fourth-order valence-corrected chi connectivity index (χ4v) is 2.97. The number of hydrogen-bond acceptors (Lipinski definition) is 8. The lowest BCUT2D eigenvalue weighted by atomic mass is 10.0. The molecule has 0 spiro atoms. The number of alkyl halides is 3. The van der Waals surface area contributed by atoms with E-state index < -0.39 is 12.1 Å². The first-order valence-electron chi connectivity index (χ1n) is 9.18. The third-order valence-corrected chi connectivity index (χ3v) is 4.49. The highest BCUT2D eigenvalue weighted by Crippen LogP contribution is 2.26. The number of halogens is 3. The Morgan fingerprint density at radius 1 is 1.26 bits per heavy atom. The number of piperidine rings is 1. The Hall–Kier alpha value is -3.22. The van der Waals surface area contributed by atoms with Gasteiger partial charge in [-0.05, 0) is 31.9 Å². The van der Waals surface area contributed by atoms with Crippen LogP contribution in [0.1, 0.15) is 40.6 Å². The molecule has 0 atom stereocenters. The minimum Gasteiger partial charge on any atom is -0.475 e. The molecule has 3 heterocycles. The number of esters is 1. The lowest BCUT2D eigenvalue weighted by Gasteiger charge is -2.32. The number of nitrogens with zero attached hydrogens (tertiary/aromatic N) is 5. The molecule has 0 aliphatic carbocycles. The second-order valence-electron chi connectivity index (χ2n) is 6.72. The summed E-state index contributed by atoms with van der Waals surface area (Å²) >= 11 is 0. The maximum atomic E-state index is 11.8. The number of carboxylic acid groups (broad SMARTS) is 1. The van der Waals surface area contributed by atoms with Gasteiger partial charge in [0, 0.05) is 18.8 Å². The van der Waals surface area contributed by atoms with Crippen LogP contribution in [-0.2, 0) is 16.1 Å². The number of methoxy groups -OCH3 is 1. The molecule has 0 aromatic carbocycles. The van der Waals surface area contributed by atoms with Crippen molar-refractivity contribution in [3.63, 3.8) is 0 Å². The maximum Gasteiger partial charge on any atom is 0.490 e. The summed E-state index contributed by atoms with van der Waals surface area (Å²) in [6.07, 6.45) is -1.49. The van der Waals surface area contributed by atoms with Crippen molar-refractivity contribution >= 4 is 17.8 Å². The highest BCUT2D eigenvalue weighted by molar-refractivity contribution is 5.90. The monoisotopic (exact) mass is 445 g/mol. The van der Waals surface area contributed by atoms with Crippen LogP contribution >= 0.6 is 0 Å². The first-order chi connectivity index (χ1) is 14.5. The van der Waals surface area contributed by atoms with Crippen LogP contribution in [0.3, 0.4) is 0 Å². The van der Waals surface area contributed by atoms with Crippen LogP contribution < -0.4 is 4.90 Å². The number of aromatic nitrogens is 4. The average molecular weight is 445 g/mol. The van der Waals surface area contributed by atoms with E-state index in [1.807, 2.05) is 11.6 Å². The quantitative estimate of drug-likeness (QED) is 0.676. The molecule has 2 aromatic heterocycles. The molecule has 0 unspecified atom stereocenters. The predicted octanol–water partition coefficient (Wildman–Crippen LogP) is 1.74. The first kappa shape index (κ1) is 24.1. The third kappa shape index (κ3) is 6.64. The van der Waals surface area contributed by atoms with Crippen molar-refractivity contribution < 1.29 is 37.7 Å². The van der Waals surface area contributed by atoms with E-state index in [-0.39, 0.29) is 18.6 Å². The Morgan fingerprint density at radius 3 is 2.35 bits per heavy atom. The Balaban J connectivity index is 0.000000423. The van der Waals surface area contributed by atoms with Gasteiger partial charge in [-0.2, -0.15) is 13.2 Å². The smallest absolute Gasteiger partial charge is 0.475 e. The van der Waals surface area contributed by atoms with Crippen molar-refractivity contribution in [3.05, 3.63) is 35.3 Å². The van der Waals surface area contributed by atoms with E-state index in [4.69, 9.17) is 19.7 Å². The summed E-state index contributed by atoms with van der Waals surface area (Å²) in [5, 5.41) is 24.2. The van der Waals surface area contributed by atoms with Crippen LogP contribution in [0, 0.1) is 6.92 Å². The van der Waals surface area contributed by atoms with Crippen molar-refractivity contribution in [2.24, 2.45) is 0 Å². The van der Waals surface area contributed by atoms with Crippen molar-refractivity contribution in [1.82, 2.24) is 20.0 Å². The fourth-order valence-electron chi connectivity index (χ4n) is 2.97. The molecule has 31 heavy (non-hydrogen) atoms. The van der Waals surface area contributed by atoms with Crippen LogP contribution in [0.5, 0.6) is 0 Å². The topological polar surface area (TPSA) is 131 Å². The van der Waals surface area contributed by atoms with Crippen LogP contribution in [0.25, 0.3) is 0 Å². The number of aliphatic carboxylic acids is 1. The van der Waals surface area contributed by atoms with Crippen LogP contribution in [0.4, 0.5) is 19.0 Å². The van der Waals surface area contributed by atoms with E-state index in [1.54, 1.807) is 18.3 Å². The van der Waals surface area contributed by atoms with E-state index in [0.717, 1.165) is 37.4 Å². The summed E-state index contributed by atoms with van der Waals surface area (Å²) in [5.74, 6) is -2.31. The molecule has 13 heteroatoms. The molecule has 0 bridgehead atoms. The van der Waals surface area contributed by atoms with E-state index in [9.17, 15) is 18.0 Å². The van der Waals surface area contributed by atoms with Gasteiger partial charge in [-0.3, -0.25) is 0 Å². The molecule has 0 saturated carbocycles. The molecule has 0 radical (unpaired) electrons. The standard InChI is InChI=1S/C16H21N5O3.C2HF3O2/c1-11-7-12(16(23)24-2)8-15(17-11)20-5-3-14(4-6-20)21-9-13(10-22)18-19-21;3-2(4,5)1(6)7/h7-9,14,22H,3-6,10H2,1-2H3;(H,6,7). The number of aliphatic hydroxyl groups is 1. The fraction of sp³-hybridized carbons (Fsp3) is 0.500. The summed E-state index contributed by atoms with van der Waals surface area (Å²) in [6, 6.07) is 3.77. The number of pyridine rings is 1. The number of carboxylic acids is 1. The molecule has 1 fully saturated rings. The van der Waals surface area contributed by atoms with Gasteiger partial charge in [0.15, 0.2) is 0 Å². The Bertz CT molecular complexity index is 910. The van der Waals surface area contributed by atoms with Gasteiger partial charge < -0.3 is 19.8 Å². The summed E-state index contributed by atoms with van der Waals surface area (Å²) in [6.45, 7) is 3.41. The van der Waals surface area contributed by atoms with Gasteiger partial charge in [-0.1, -0.05) is 5.21 Å². The minimum absolute atomic E-state index is 0.0949. The molecule has 10 nitrogen and oxygen atoms in total. The molecule has 170 valence electrons. The molecule has 0 amide bonds. The number of aryl methyl sites for hydroxylation is 1. The van der Waals surface area contributed by atoms with Crippen LogP contribution in [0.15, 0.2) is 18.3 Å². The van der Waals surface area contributed by atoms with Gasteiger partial charge in [-0.15, -0.1) is 5.10 Å². The number of ether oxygens (including phenoxy) is 1. The normalized spacial score (nSPS) is 14.6. The Labute approximate surface area is 175 Å². The van der Waals surface area contributed by atoms with Gasteiger partial charge >= 0.3 is 18.1 Å². The van der Waals surface area contributed by atoms with Gasteiger partial charge in [0.25, 0.3) is 0 Å². The van der Waals surface area contributed by atoms with Gasteiger partial charge in [0.1, 0.15) is 11.5 Å². The lowest BCUT2D eigenvalue weighted by Crippen LogP contribution is -2.35. The van der Waals surface area contributed by atoms with Crippen molar-refractivity contribution in [1.29, 1.82) is 0 Å². The summed E-state index contributed by atoms with van der Waals surface area (Å²) in [4.78, 5) is 27.4. The third-order valence-electron chi connectivity index (χ3n) is 4.49. The van der Waals surface area contributed by atoms with Crippen LogP contribution in [-0.4, -0.2) is 68.5 Å². The predicted molar refractivity (Wildman–Crippen MR) is 100 cm³/mol. The van der Waals surface area contributed by atoms with E-state index in [2.05, 4.69) is 20.2 Å². The van der Waals surface area contributed by atoms with Crippen molar-refractivity contribution in [3.8, 4) is 0 Å². The Kier molecular flexibility index (Phi) is 7.91. The zero-order chi connectivity index (χ0) is 23.2. The highest BCUT2D eigenvalue weighted by Gasteiger charge is 2.38. The zero-order valence-electron chi connectivity index (χ0n) is 16.8. The molecular formula is C18H22F3N5O5. The Morgan fingerprint density at radius 2 is 1.87 bits per heavy atom. The largest absolute Gasteiger partial charge is 0.490 e. The van der Waals surface area contributed by atoms with Crippen LogP contribution in [0.2, 0.25) is 0 Å². The molecule has 1 saturated heterocycles. The molecule has 2 N–H and O–H groups in total. The molecular weight excluding hydrogens is 423 g/mol. The molecule has 3 rings (SSSR count). The number of aliphatic hydroxyl groups excluding tert-OH is 1. The lowest BCUT2D eigenvalue weighted by molar-refractivity contribution is -0.192. The van der Waals surface area contributed by atoms with Gasteiger partial charge in [0.05, 0.1) is 31.5 Å². The van der Waals surface area contributed by atoms with E-state index in [1.165, 1.54) is 7.11 Å². The van der Waals surface area contributed by atoms with Crippen molar-refractivity contribution in [2.75, 3.05) is 25.1 Å². The summed E-state index contributed by atoms with van der Waals surface area (Å²) < 4.78 is 38.4. The van der Waals surface area contributed by atoms with Gasteiger partial charge in [0.2, 0.25) is 0 Å². The second-order valence-corrected chi connectivity index (χ2v) is 6.72. The number of carbonyl (C=O) groups is 2. The number of rotatable bonds is 4. The molecule has 1 aliphatic heterocycles. The summed E-state index contributed by atoms with van der Waals surface area (Å²) in [5.41, 5.74) is 1.89. The van der Waals surface area contributed by atoms with Crippen molar-refractivity contribution in [2.45, 2.75) is 38.6 Å².